The number of benzene rings is 2. The number of piperidine rings is 1. The standard InChI is InChI=1S/C24H25N3/c1-18-9-11-20(12-10-18)23-22(17-26-14-5-2-6-15-26)27-16-13-19-7-3-4-8-21(19)24(27)25-23/h3-4,7-13,16H,2,5-6,14-15,17H2,1H3/p+1. The largest absolute Gasteiger partial charge is 0.330 e. The lowest BCUT2D eigenvalue weighted by molar-refractivity contribution is -0.918. The van der Waals surface area contributed by atoms with Gasteiger partial charge in [0.2, 0.25) is 0 Å². The molecular formula is C24H26N3+. The Balaban J connectivity index is 1.71. The van der Waals surface area contributed by atoms with Gasteiger partial charge in [0, 0.05) is 17.1 Å². The SMILES string of the molecule is Cc1ccc(-c2nc3c4ccccc4ccn3c2C[NH+]2CCCCC2)cc1. The van der Waals surface area contributed by atoms with Gasteiger partial charge in [-0.15, -0.1) is 0 Å². The van der Waals surface area contributed by atoms with Gasteiger partial charge in [-0.25, -0.2) is 4.98 Å². The van der Waals surface area contributed by atoms with Crippen molar-refractivity contribution in [2.75, 3.05) is 13.1 Å². The molecule has 0 aliphatic carbocycles. The van der Waals surface area contributed by atoms with Crippen molar-refractivity contribution in [2.45, 2.75) is 32.7 Å². The minimum Gasteiger partial charge on any atom is -0.330 e. The van der Waals surface area contributed by atoms with E-state index in [-0.39, 0.29) is 0 Å². The molecule has 3 heteroatoms. The van der Waals surface area contributed by atoms with E-state index in [1.807, 2.05) is 0 Å². The summed E-state index contributed by atoms with van der Waals surface area (Å²) >= 11 is 0. The van der Waals surface area contributed by atoms with Crippen molar-refractivity contribution in [3.8, 4) is 11.3 Å². The zero-order chi connectivity index (χ0) is 18.2. The summed E-state index contributed by atoms with van der Waals surface area (Å²) in [5.74, 6) is 0. The molecule has 1 fully saturated rings. The molecule has 4 aromatic rings. The molecule has 0 atom stereocenters. The second-order valence-corrected chi connectivity index (χ2v) is 7.86. The highest BCUT2D eigenvalue weighted by atomic mass is 15.2. The Morgan fingerprint density at radius 2 is 1.70 bits per heavy atom. The van der Waals surface area contributed by atoms with Crippen molar-refractivity contribution in [1.82, 2.24) is 9.38 Å². The maximum Gasteiger partial charge on any atom is 0.145 e. The normalized spacial score (nSPS) is 15.6. The summed E-state index contributed by atoms with van der Waals surface area (Å²) in [6.07, 6.45) is 6.27. The number of quaternary nitrogens is 1. The van der Waals surface area contributed by atoms with Gasteiger partial charge in [-0.05, 0) is 37.6 Å². The number of hydrogen-bond donors (Lipinski definition) is 1. The smallest absolute Gasteiger partial charge is 0.145 e. The van der Waals surface area contributed by atoms with Crippen LogP contribution in [0.3, 0.4) is 0 Å². The molecule has 1 N–H and O–H groups in total. The van der Waals surface area contributed by atoms with Crippen LogP contribution in [0.25, 0.3) is 27.7 Å². The molecule has 0 spiro atoms. The van der Waals surface area contributed by atoms with Gasteiger partial charge in [-0.3, -0.25) is 4.40 Å². The molecule has 0 radical (unpaired) electrons. The molecule has 0 bridgehead atoms. The second kappa shape index (κ2) is 6.82. The molecule has 1 saturated heterocycles. The Labute approximate surface area is 160 Å². The number of pyridine rings is 1. The molecule has 1 aliphatic heterocycles. The fourth-order valence-electron chi connectivity index (χ4n) is 4.39. The predicted molar refractivity (Wildman–Crippen MR) is 111 cm³/mol. The first kappa shape index (κ1) is 16.5. The van der Waals surface area contributed by atoms with Gasteiger partial charge >= 0.3 is 0 Å². The fraction of sp³-hybridized carbons (Fsp3) is 0.292. The highest BCUT2D eigenvalue weighted by Crippen LogP contribution is 2.28. The van der Waals surface area contributed by atoms with Crippen molar-refractivity contribution < 1.29 is 4.90 Å². The maximum atomic E-state index is 5.16. The van der Waals surface area contributed by atoms with Crippen LogP contribution in [0.15, 0.2) is 60.8 Å². The number of aromatic nitrogens is 2. The zero-order valence-electron chi connectivity index (χ0n) is 15.9. The number of nitrogens with one attached hydrogen (secondary N) is 1. The Bertz CT molecular complexity index is 1090. The minimum absolute atomic E-state index is 1.04. The number of aryl methyl sites for hydroxylation is 1. The summed E-state index contributed by atoms with van der Waals surface area (Å²) < 4.78 is 2.33. The van der Waals surface area contributed by atoms with Crippen LogP contribution in [0.5, 0.6) is 0 Å². The van der Waals surface area contributed by atoms with Crippen LogP contribution in [-0.2, 0) is 6.54 Å². The number of nitrogens with zero attached hydrogens (tertiary/aromatic N) is 2. The molecule has 1 aliphatic rings. The Kier molecular flexibility index (Phi) is 4.17. The molecule has 0 amide bonds. The third kappa shape index (κ3) is 3.02. The molecule has 0 unspecified atom stereocenters. The lowest BCUT2D eigenvalue weighted by atomic mass is 10.1. The monoisotopic (exact) mass is 356 g/mol. The van der Waals surface area contributed by atoms with Crippen LogP contribution in [0.1, 0.15) is 30.5 Å². The van der Waals surface area contributed by atoms with Crippen LogP contribution >= 0.6 is 0 Å². The first-order chi connectivity index (χ1) is 13.3. The first-order valence-corrected chi connectivity index (χ1v) is 10.1. The van der Waals surface area contributed by atoms with E-state index in [9.17, 15) is 0 Å². The highest BCUT2D eigenvalue weighted by molar-refractivity contribution is 5.95. The molecule has 136 valence electrons. The first-order valence-electron chi connectivity index (χ1n) is 10.1. The Hall–Kier alpha value is -2.65. The summed E-state index contributed by atoms with van der Waals surface area (Å²) in [4.78, 5) is 6.84. The lowest BCUT2D eigenvalue weighted by Gasteiger charge is -2.23. The van der Waals surface area contributed by atoms with E-state index in [0.29, 0.717) is 0 Å². The number of hydrogen-bond acceptors (Lipinski definition) is 1. The summed E-state index contributed by atoms with van der Waals surface area (Å²) in [5, 5.41) is 2.48. The predicted octanol–water partition coefficient (Wildman–Crippen LogP) is 4.03. The molecule has 2 aromatic heterocycles. The quantitative estimate of drug-likeness (QED) is 0.588. The third-order valence-electron chi connectivity index (χ3n) is 5.92. The van der Waals surface area contributed by atoms with E-state index >= 15 is 0 Å². The molecule has 5 rings (SSSR count). The van der Waals surface area contributed by atoms with Crippen LogP contribution in [0.4, 0.5) is 0 Å². The average molecular weight is 356 g/mol. The van der Waals surface area contributed by atoms with Gasteiger partial charge in [0.15, 0.2) is 0 Å². The van der Waals surface area contributed by atoms with Gasteiger partial charge in [0.25, 0.3) is 0 Å². The Morgan fingerprint density at radius 1 is 0.926 bits per heavy atom. The van der Waals surface area contributed by atoms with Gasteiger partial charge in [-0.2, -0.15) is 0 Å². The lowest BCUT2D eigenvalue weighted by Crippen LogP contribution is -3.11. The average Bonchev–Trinajstić information content (AvgIpc) is 3.08. The van der Waals surface area contributed by atoms with Crippen LogP contribution < -0.4 is 4.90 Å². The minimum atomic E-state index is 1.04. The van der Waals surface area contributed by atoms with Crippen molar-refractivity contribution in [3.05, 3.63) is 72.1 Å². The molecule has 0 saturated carbocycles. The zero-order valence-corrected chi connectivity index (χ0v) is 15.9. The molecule has 2 aromatic carbocycles. The number of likely N-dealkylation sites (tertiary alicyclic amines) is 1. The van der Waals surface area contributed by atoms with Gasteiger partial charge in [-0.1, -0.05) is 54.1 Å². The number of imidazole rings is 1. The van der Waals surface area contributed by atoms with E-state index in [2.05, 4.69) is 72.1 Å². The van der Waals surface area contributed by atoms with Crippen LogP contribution in [0, 0.1) is 6.92 Å². The fourth-order valence-corrected chi connectivity index (χ4v) is 4.39. The summed E-state index contributed by atoms with van der Waals surface area (Å²) in [5.41, 5.74) is 6.08. The van der Waals surface area contributed by atoms with Crippen molar-refractivity contribution in [2.24, 2.45) is 0 Å². The Morgan fingerprint density at radius 3 is 2.52 bits per heavy atom. The number of fused-ring (bicyclic) bond motifs is 3. The molecule has 27 heavy (non-hydrogen) atoms. The molecule has 3 heterocycles. The highest BCUT2D eigenvalue weighted by Gasteiger charge is 2.22. The van der Waals surface area contributed by atoms with E-state index in [1.165, 1.54) is 59.9 Å². The molecule has 3 nitrogen and oxygen atoms in total. The maximum absolute atomic E-state index is 5.16. The van der Waals surface area contributed by atoms with E-state index in [0.717, 1.165) is 17.9 Å². The van der Waals surface area contributed by atoms with Crippen molar-refractivity contribution in [1.29, 1.82) is 0 Å². The molecular weight excluding hydrogens is 330 g/mol. The third-order valence-corrected chi connectivity index (χ3v) is 5.92. The topological polar surface area (TPSA) is 21.7 Å². The number of rotatable bonds is 3. The van der Waals surface area contributed by atoms with Crippen molar-refractivity contribution >= 4 is 16.4 Å². The summed E-state index contributed by atoms with van der Waals surface area (Å²) in [7, 11) is 0. The second-order valence-electron chi connectivity index (χ2n) is 7.86. The van der Waals surface area contributed by atoms with Gasteiger partial charge in [0.1, 0.15) is 17.9 Å². The summed E-state index contributed by atoms with van der Waals surface area (Å²) in [6.45, 7) is 5.73. The van der Waals surface area contributed by atoms with Gasteiger partial charge in [0.05, 0.1) is 18.8 Å². The van der Waals surface area contributed by atoms with E-state index in [1.54, 1.807) is 4.90 Å². The van der Waals surface area contributed by atoms with Crippen molar-refractivity contribution in [3.63, 3.8) is 0 Å². The van der Waals surface area contributed by atoms with E-state index < -0.39 is 0 Å². The van der Waals surface area contributed by atoms with Crippen LogP contribution in [-0.4, -0.2) is 22.5 Å². The van der Waals surface area contributed by atoms with Crippen LogP contribution in [0.2, 0.25) is 0 Å². The summed E-state index contributed by atoms with van der Waals surface area (Å²) in [6, 6.07) is 19.6. The van der Waals surface area contributed by atoms with E-state index in [4.69, 9.17) is 4.98 Å². The van der Waals surface area contributed by atoms with Gasteiger partial charge < -0.3 is 4.90 Å².